The molecule has 2 heterocycles. The van der Waals surface area contributed by atoms with Gasteiger partial charge in [-0.05, 0) is 44.8 Å². The Bertz CT molecular complexity index is 372. The smallest absolute Gasteiger partial charge is 0.108 e. The summed E-state index contributed by atoms with van der Waals surface area (Å²) < 4.78 is 7.05. The van der Waals surface area contributed by atoms with E-state index in [1.165, 1.54) is 51.7 Å². The van der Waals surface area contributed by atoms with Crippen LogP contribution in [0.25, 0.3) is 0 Å². The van der Waals surface area contributed by atoms with E-state index in [-0.39, 0.29) is 0 Å². The Morgan fingerprint density at radius 2 is 2.10 bits per heavy atom. The van der Waals surface area contributed by atoms with E-state index in [0.717, 1.165) is 18.2 Å². The molecule has 0 spiro atoms. The molecule has 0 aromatic carbocycles. The number of hydrogen-bond acceptors (Lipinski definition) is 4. The Hall–Kier alpha value is -0.940. The third-order valence-electron chi connectivity index (χ3n) is 4.11. The zero-order valence-electron chi connectivity index (χ0n) is 12.9. The van der Waals surface area contributed by atoms with Gasteiger partial charge in [-0.2, -0.15) is 0 Å². The van der Waals surface area contributed by atoms with Gasteiger partial charge < -0.3 is 9.64 Å². The lowest BCUT2D eigenvalue weighted by molar-refractivity contribution is 0.168. The molecule has 0 radical (unpaired) electrons. The summed E-state index contributed by atoms with van der Waals surface area (Å²) in [6, 6.07) is 0. The van der Waals surface area contributed by atoms with Crippen LogP contribution in [0.5, 0.6) is 0 Å². The summed E-state index contributed by atoms with van der Waals surface area (Å²) in [5.74, 6) is 0.745. The number of methoxy groups -OCH3 is 1. The number of unbranched alkanes of at least 4 members (excludes halogenated alkanes) is 2. The summed E-state index contributed by atoms with van der Waals surface area (Å²) >= 11 is 0. The van der Waals surface area contributed by atoms with E-state index in [0.29, 0.717) is 6.61 Å². The molecule has 0 unspecified atom stereocenters. The Kier molecular flexibility index (Phi) is 6.47. The second-order valence-corrected chi connectivity index (χ2v) is 5.86. The van der Waals surface area contributed by atoms with E-state index in [4.69, 9.17) is 4.74 Å². The van der Waals surface area contributed by atoms with Crippen LogP contribution in [0.15, 0.2) is 6.20 Å². The molecule has 5 heteroatoms. The van der Waals surface area contributed by atoms with E-state index in [1.807, 2.05) is 10.9 Å². The first kappa shape index (κ1) is 15.4. The summed E-state index contributed by atoms with van der Waals surface area (Å²) in [4.78, 5) is 2.61. The molecule has 1 aromatic heterocycles. The van der Waals surface area contributed by atoms with Gasteiger partial charge in [0.2, 0.25) is 0 Å². The van der Waals surface area contributed by atoms with Crippen molar-refractivity contribution in [3.63, 3.8) is 0 Å². The van der Waals surface area contributed by atoms with Gasteiger partial charge in [0, 0.05) is 13.7 Å². The predicted molar refractivity (Wildman–Crippen MR) is 79.4 cm³/mol. The van der Waals surface area contributed by atoms with Crippen molar-refractivity contribution < 1.29 is 4.74 Å². The number of ether oxygens (including phenoxy) is 1. The van der Waals surface area contributed by atoms with Crippen LogP contribution in [0.4, 0.5) is 0 Å². The van der Waals surface area contributed by atoms with Crippen molar-refractivity contribution in [2.24, 2.45) is 5.92 Å². The number of piperidine rings is 1. The molecule has 1 aromatic rings. The Morgan fingerprint density at radius 3 is 2.80 bits per heavy atom. The highest BCUT2D eigenvalue weighted by Gasteiger charge is 2.19. The first-order valence-corrected chi connectivity index (χ1v) is 7.92. The normalized spacial score (nSPS) is 17.7. The average Bonchev–Trinajstić information content (AvgIpc) is 2.89. The maximum atomic E-state index is 5.07. The van der Waals surface area contributed by atoms with Gasteiger partial charge >= 0.3 is 0 Å². The summed E-state index contributed by atoms with van der Waals surface area (Å²) in [6.07, 6.45) is 8.60. The molecule has 114 valence electrons. The first-order chi connectivity index (χ1) is 9.81. The minimum Gasteiger partial charge on any atom is -0.378 e. The third-order valence-corrected chi connectivity index (χ3v) is 4.11. The summed E-state index contributed by atoms with van der Waals surface area (Å²) in [5.41, 5.74) is 0.921. The summed E-state index contributed by atoms with van der Waals surface area (Å²) in [5, 5.41) is 8.30. The van der Waals surface area contributed by atoms with Crippen LogP contribution < -0.4 is 0 Å². The van der Waals surface area contributed by atoms with Crippen molar-refractivity contribution in [2.75, 3.05) is 26.7 Å². The molecule has 0 N–H and O–H groups in total. The summed E-state index contributed by atoms with van der Waals surface area (Å²) in [7, 11) is 1.69. The van der Waals surface area contributed by atoms with Crippen molar-refractivity contribution in [1.29, 1.82) is 0 Å². The largest absolute Gasteiger partial charge is 0.378 e. The van der Waals surface area contributed by atoms with Crippen LogP contribution in [0.1, 0.15) is 44.7 Å². The Labute approximate surface area is 122 Å². The van der Waals surface area contributed by atoms with Gasteiger partial charge in [-0.15, -0.1) is 5.10 Å². The molecule has 0 saturated carbocycles. The number of hydrogen-bond donors (Lipinski definition) is 0. The quantitative estimate of drug-likeness (QED) is 0.686. The molecule has 0 atom stereocenters. The maximum Gasteiger partial charge on any atom is 0.108 e. The highest BCUT2D eigenvalue weighted by atomic mass is 16.5. The molecule has 0 bridgehead atoms. The van der Waals surface area contributed by atoms with E-state index < -0.39 is 0 Å². The van der Waals surface area contributed by atoms with Crippen molar-refractivity contribution in [3.05, 3.63) is 11.9 Å². The average molecular weight is 280 g/mol. The van der Waals surface area contributed by atoms with Crippen LogP contribution >= 0.6 is 0 Å². The van der Waals surface area contributed by atoms with Gasteiger partial charge in [-0.3, -0.25) is 4.68 Å². The van der Waals surface area contributed by atoms with E-state index in [1.54, 1.807) is 7.11 Å². The molecule has 2 rings (SSSR count). The van der Waals surface area contributed by atoms with Gasteiger partial charge in [0.05, 0.1) is 12.8 Å². The second kappa shape index (κ2) is 8.37. The Balaban J connectivity index is 1.68. The second-order valence-electron chi connectivity index (χ2n) is 5.86. The van der Waals surface area contributed by atoms with Crippen LogP contribution in [0.3, 0.4) is 0 Å². The monoisotopic (exact) mass is 280 g/mol. The lowest BCUT2D eigenvalue weighted by atomic mass is 9.96. The van der Waals surface area contributed by atoms with Gasteiger partial charge in [0.15, 0.2) is 0 Å². The Morgan fingerprint density at radius 1 is 1.30 bits per heavy atom. The minimum absolute atomic E-state index is 0.551. The molecule has 1 aliphatic rings. The molecular formula is C15H28N4O. The fraction of sp³-hybridized carbons (Fsp3) is 0.867. The zero-order valence-corrected chi connectivity index (χ0v) is 12.9. The molecule has 1 aliphatic heterocycles. The molecule has 0 aliphatic carbocycles. The highest BCUT2D eigenvalue weighted by molar-refractivity contribution is 4.89. The molecule has 1 saturated heterocycles. The summed E-state index contributed by atoms with van der Waals surface area (Å²) in [6.45, 7) is 7.58. The third kappa shape index (κ3) is 4.87. The maximum absolute atomic E-state index is 5.07. The molecule has 0 amide bonds. The molecule has 5 nitrogen and oxygen atoms in total. The number of aromatic nitrogens is 3. The lowest BCUT2D eigenvalue weighted by Crippen LogP contribution is -2.35. The van der Waals surface area contributed by atoms with Crippen molar-refractivity contribution in [3.8, 4) is 0 Å². The number of likely N-dealkylation sites (tertiary alicyclic amines) is 1. The fourth-order valence-electron chi connectivity index (χ4n) is 2.88. The van der Waals surface area contributed by atoms with E-state index in [2.05, 4.69) is 22.1 Å². The van der Waals surface area contributed by atoms with Gasteiger partial charge in [0.25, 0.3) is 0 Å². The zero-order chi connectivity index (χ0) is 14.2. The van der Waals surface area contributed by atoms with Crippen molar-refractivity contribution in [2.45, 2.75) is 52.2 Å². The van der Waals surface area contributed by atoms with Gasteiger partial charge in [-0.25, -0.2) is 0 Å². The molecule has 20 heavy (non-hydrogen) atoms. The number of nitrogens with zero attached hydrogens (tertiary/aromatic N) is 4. The number of rotatable bonds is 8. The van der Waals surface area contributed by atoms with Crippen LogP contribution in [0, 0.1) is 5.92 Å². The first-order valence-electron chi connectivity index (χ1n) is 7.92. The lowest BCUT2D eigenvalue weighted by Gasteiger charge is -2.31. The minimum atomic E-state index is 0.551. The van der Waals surface area contributed by atoms with Crippen LogP contribution in [0.2, 0.25) is 0 Å². The van der Waals surface area contributed by atoms with E-state index >= 15 is 0 Å². The van der Waals surface area contributed by atoms with Gasteiger partial charge in [-0.1, -0.05) is 25.0 Å². The van der Waals surface area contributed by atoms with Crippen molar-refractivity contribution in [1.82, 2.24) is 19.9 Å². The highest BCUT2D eigenvalue weighted by Crippen LogP contribution is 2.19. The topological polar surface area (TPSA) is 43.2 Å². The predicted octanol–water partition coefficient (Wildman–Crippen LogP) is 2.33. The van der Waals surface area contributed by atoms with Crippen LogP contribution in [-0.2, 0) is 17.9 Å². The SMILES string of the molecule is CCCCCN1CCC(Cn2cc(COC)nn2)CC1. The van der Waals surface area contributed by atoms with Gasteiger partial charge in [0.1, 0.15) is 5.69 Å². The van der Waals surface area contributed by atoms with E-state index in [9.17, 15) is 0 Å². The molecular weight excluding hydrogens is 252 g/mol. The molecule has 1 fully saturated rings. The van der Waals surface area contributed by atoms with Crippen LogP contribution in [-0.4, -0.2) is 46.6 Å². The fourth-order valence-corrected chi connectivity index (χ4v) is 2.88. The standard InChI is InChI=1S/C15H28N4O/c1-3-4-5-8-18-9-6-14(7-10-18)11-19-12-15(13-20-2)16-17-19/h12,14H,3-11,13H2,1-2H3. The van der Waals surface area contributed by atoms with Crippen molar-refractivity contribution >= 4 is 0 Å².